The average molecular weight is 289 g/mol. The number of rotatable bonds is 3. The van der Waals surface area contributed by atoms with Crippen molar-refractivity contribution in [2.24, 2.45) is 10.9 Å². The van der Waals surface area contributed by atoms with Crippen molar-refractivity contribution in [1.82, 2.24) is 9.78 Å². The Bertz CT molecular complexity index is 749. The molecule has 0 aliphatic heterocycles. The molecule has 0 saturated carbocycles. The van der Waals surface area contributed by atoms with Gasteiger partial charge < -0.3 is 10.9 Å². The van der Waals surface area contributed by atoms with Crippen molar-refractivity contribution >= 4 is 11.5 Å². The van der Waals surface area contributed by atoms with E-state index >= 15 is 0 Å². The Labute approximate surface area is 120 Å². The molecule has 0 saturated heterocycles. The minimum absolute atomic E-state index is 0.162. The number of nitro benzene ring substituents is 1. The fraction of sp³-hybridized carbons (Fsp3) is 0.231. The molecule has 0 radical (unpaired) electrons. The molecule has 0 atom stereocenters. The first-order valence-corrected chi connectivity index (χ1v) is 6.16. The average Bonchev–Trinajstić information content (AvgIpc) is 2.73. The molecule has 2 rings (SSSR count). The van der Waals surface area contributed by atoms with Crippen LogP contribution >= 0.6 is 0 Å². The lowest BCUT2D eigenvalue weighted by molar-refractivity contribution is -0.384. The fourth-order valence-corrected chi connectivity index (χ4v) is 2.02. The number of oxime groups is 1. The Morgan fingerprint density at radius 1 is 1.43 bits per heavy atom. The first kappa shape index (κ1) is 14.5. The van der Waals surface area contributed by atoms with Gasteiger partial charge in [0.2, 0.25) is 0 Å². The molecule has 0 fully saturated rings. The molecule has 8 heteroatoms. The van der Waals surface area contributed by atoms with Crippen LogP contribution in [0.5, 0.6) is 0 Å². The Morgan fingerprint density at radius 3 is 2.57 bits per heavy atom. The first-order chi connectivity index (χ1) is 9.86. The van der Waals surface area contributed by atoms with Crippen LogP contribution in [-0.2, 0) is 0 Å². The van der Waals surface area contributed by atoms with E-state index in [2.05, 4.69) is 10.3 Å². The highest BCUT2D eigenvalue weighted by Crippen LogP contribution is 2.26. The second kappa shape index (κ2) is 5.23. The smallest absolute Gasteiger partial charge is 0.295 e. The summed E-state index contributed by atoms with van der Waals surface area (Å²) in [5.74, 6) is -0.186. The molecule has 1 aromatic heterocycles. The van der Waals surface area contributed by atoms with Crippen LogP contribution in [0.15, 0.2) is 23.4 Å². The normalized spacial score (nSPS) is 11.7. The molecule has 21 heavy (non-hydrogen) atoms. The standard InChI is InChI=1S/C13H15N5O3/c1-7-8(2)15-17(9(7)3)11-5-4-10(13(14)16-19)6-12(11)18(20)21/h4-6,19H,1-3H3,(H2,14,16). The van der Waals surface area contributed by atoms with Crippen LogP contribution in [0.25, 0.3) is 5.69 Å². The maximum absolute atomic E-state index is 11.3. The second-order valence-corrected chi connectivity index (χ2v) is 4.65. The van der Waals surface area contributed by atoms with E-state index in [9.17, 15) is 10.1 Å². The van der Waals surface area contributed by atoms with Crippen LogP contribution < -0.4 is 5.73 Å². The van der Waals surface area contributed by atoms with Gasteiger partial charge in [-0.3, -0.25) is 10.1 Å². The van der Waals surface area contributed by atoms with Gasteiger partial charge in [0.25, 0.3) is 5.69 Å². The third-order valence-electron chi connectivity index (χ3n) is 3.46. The van der Waals surface area contributed by atoms with Gasteiger partial charge in [-0.1, -0.05) is 5.16 Å². The van der Waals surface area contributed by atoms with E-state index in [0.717, 1.165) is 17.0 Å². The van der Waals surface area contributed by atoms with E-state index in [1.165, 1.54) is 16.8 Å². The Morgan fingerprint density at radius 2 is 2.10 bits per heavy atom. The minimum Gasteiger partial charge on any atom is -0.409 e. The number of amidine groups is 1. The number of nitrogens with two attached hydrogens (primary N) is 1. The highest BCUT2D eigenvalue weighted by atomic mass is 16.6. The summed E-state index contributed by atoms with van der Waals surface area (Å²) < 4.78 is 1.53. The molecule has 1 aromatic carbocycles. The van der Waals surface area contributed by atoms with E-state index in [1.54, 1.807) is 6.07 Å². The molecule has 3 N–H and O–H groups in total. The molecule has 1 heterocycles. The zero-order valence-corrected chi connectivity index (χ0v) is 11.9. The predicted octanol–water partition coefficient (Wildman–Crippen LogP) is 1.80. The maximum Gasteiger partial charge on any atom is 0.295 e. The van der Waals surface area contributed by atoms with E-state index < -0.39 is 4.92 Å². The van der Waals surface area contributed by atoms with Crippen molar-refractivity contribution in [1.29, 1.82) is 0 Å². The predicted molar refractivity (Wildman–Crippen MR) is 76.9 cm³/mol. The van der Waals surface area contributed by atoms with Crippen molar-refractivity contribution in [3.63, 3.8) is 0 Å². The summed E-state index contributed by atoms with van der Waals surface area (Å²) >= 11 is 0. The van der Waals surface area contributed by atoms with Gasteiger partial charge in [0.15, 0.2) is 5.84 Å². The minimum atomic E-state index is -0.519. The van der Waals surface area contributed by atoms with Crippen LogP contribution in [0.4, 0.5) is 5.69 Å². The van der Waals surface area contributed by atoms with Crippen molar-refractivity contribution < 1.29 is 10.1 Å². The molecule has 110 valence electrons. The first-order valence-electron chi connectivity index (χ1n) is 6.16. The largest absolute Gasteiger partial charge is 0.409 e. The number of nitro groups is 1. The van der Waals surface area contributed by atoms with Crippen LogP contribution in [0, 0.1) is 30.9 Å². The topological polar surface area (TPSA) is 120 Å². The zero-order chi connectivity index (χ0) is 15.7. The lowest BCUT2D eigenvalue weighted by Gasteiger charge is -2.07. The lowest BCUT2D eigenvalue weighted by Crippen LogP contribution is -2.14. The number of aromatic nitrogens is 2. The van der Waals surface area contributed by atoms with Gasteiger partial charge in [0.05, 0.1) is 10.6 Å². The molecule has 2 aromatic rings. The fourth-order valence-electron chi connectivity index (χ4n) is 2.02. The van der Waals surface area contributed by atoms with Crippen molar-refractivity contribution in [3.05, 3.63) is 50.8 Å². The molecule has 8 nitrogen and oxygen atoms in total. The molecule has 0 unspecified atom stereocenters. The van der Waals surface area contributed by atoms with E-state index in [0.29, 0.717) is 5.69 Å². The summed E-state index contributed by atoms with van der Waals surface area (Å²) in [6, 6.07) is 4.34. The lowest BCUT2D eigenvalue weighted by atomic mass is 10.1. The summed E-state index contributed by atoms with van der Waals surface area (Å²) in [7, 11) is 0. The molecule has 0 aliphatic carbocycles. The molecular weight excluding hydrogens is 274 g/mol. The monoisotopic (exact) mass is 289 g/mol. The second-order valence-electron chi connectivity index (χ2n) is 4.65. The van der Waals surface area contributed by atoms with Gasteiger partial charge in [0.1, 0.15) is 5.69 Å². The number of benzene rings is 1. The summed E-state index contributed by atoms with van der Waals surface area (Å²) in [6.07, 6.45) is 0. The Hall–Kier alpha value is -2.90. The highest BCUT2D eigenvalue weighted by Gasteiger charge is 2.20. The van der Waals surface area contributed by atoms with Gasteiger partial charge >= 0.3 is 0 Å². The number of nitrogens with zero attached hydrogens (tertiary/aromatic N) is 4. The van der Waals surface area contributed by atoms with Crippen molar-refractivity contribution in [3.8, 4) is 5.69 Å². The van der Waals surface area contributed by atoms with E-state index in [4.69, 9.17) is 10.9 Å². The summed E-state index contributed by atoms with van der Waals surface area (Å²) in [5, 5.41) is 27.1. The van der Waals surface area contributed by atoms with Gasteiger partial charge in [0, 0.05) is 17.3 Å². The van der Waals surface area contributed by atoms with E-state index in [-0.39, 0.29) is 17.1 Å². The number of aryl methyl sites for hydroxylation is 1. The quantitative estimate of drug-likeness (QED) is 0.293. The molecule has 0 spiro atoms. The Kier molecular flexibility index (Phi) is 3.62. The summed E-state index contributed by atoms with van der Waals surface area (Å²) in [4.78, 5) is 10.8. The van der Waals surface area contributed by atoms with Gasteiger partial charge in [-0.05, 0) is 38.5 Å². The van der Waals surface area contributed by atoms with Crippen molar-refractivity contribution in [2.45, 2.75) is 20.8 Å². The molecule has 0 aliphatic rings. The molecular formula is C13H15N5O3. The molecule has 0 amide bonds. The van der Waals surface area contributed by atoms with Crippen LogP contribution in [0.2, 0.25) is 0 Å². The summed E-state index contributed by atoms with van der Waals surface area (Å²) in [6.45, 7) is 5.59. The van der Waals surface area contributed by atoms with Crippen LogP contribution in [0.1, 0.15) is 22.5 Å². The third-order valence-corrected chi connectivity index (χ3v) is 3.46. The molecule has 0 bridgehead atoms. The van der Waals surface area contributed by atoms with E-state index in [1.807, 2.05) is 20.8 Å². The van der Waals surface area contributed by atoms with Gasteiger partial charge in [-0.15, -0.1) is 0 Å². The maximum atomic E-state index is 11.3. The summed E-state index contributed by atoms with van der Waals surface area (Å²) in [5.41, 5.74) is 8.52. The van der Waals surface area contributed by atoms with Crippen LogP contribution in [-0.4, -0.2) is 25.7 Å². The van der Waals surface area contributed by atoms with Gasteiger partial charge in [-0.2, -0.15) is 5.10 Å². The third kappa shape index (κ3) is 2.42. The van der Waals surface area contributed by atoms with Crippen LogP contribution in [0.3, 0.4) is 0 Å². The zero-order valence-electron chi connectivity index (χ0n) is 11.9. The Balaban J connectivity index is 2.69. The number of hydrogen-bond acceptors (Lipinski definition) is 5. The SMILES string of the molecule is Cc1nn(-c2ccc(C(N)=NO)cc2[N+](=O)[O-])c(C)c1C. The van der Waals surface area contributed by atoms with Crippen molar-refractivity contribution in [2.75, 3.05) is 0 Å². The van der Waals surface area contributed by atoms with Gasteiger partial charge in [-0.25, -0.2) is 4.68 Å². The number of hydrogen-bond donors (Lipinski definition) is 2. The highest BCUT2D eigenvalue weighted by molar-refractivity contribution is 5.98.